The highest BCUT2D eigenvalue weighted by atomic mass is 19.1. The van der Waals surface area contributed by atoms with Crippen molar-refractivity contribution in [3.8, 4) is 22.8 Å². The molecule has 0 spiro atoms. The number of nitrogens with one attached hydrogen (secondary N) is 2. The van der Waals surface area contributed by atoms with Crippen LogP contribution in [-0.2, 0) is 11.3 Å². The van der Waals surface area contributed by atoms with E-state index >= 15 is 0 Å². The summed E-state index contributed by atoms with van der Waals surface area (Å²) in [5, 5.41) is 7.23. The van der Waals surface area contributed by atoms with Gasteiger partial charge in [0.05, 0.1) is 18.9 Å². The van der Waals surface area contributed by atoms with Crippen molar-refractivity contribution in [2.45, 2.75) is 19.9 Å². The molecule has 0 aliphatic rings. The molecule has 9 heteroatoms. The van der Waals surface area contributed by atoms with Gasteiger partial charge in [-0.2, -0.15) is 5.10 Å². The lowest BCUT2D eigenvalue weighted by molar-refractivity contribution is -0.115. The number of carbonyl (C=O) groups is 1. The molecule has 0 aliphatic carbocycles. The second-order valence-corrected chi connectivity index (χ2v) is 7.69. The van der Waals surface area contributed by atoms with Crippen molar-refractivity contribution in [1.29, 1.82) is 0 Å². The number of amides is 1. The van der Waals surface area contributed by atoms with Gasteiger partial charge in [-0.3, -0.25) is 9.48 Å². The number of ether oxygens (including phenoxy) is 1. The number of aromatic nitrogens is 5. The van der Waals surface area contributed by atoms with Crippen molar-refractivity contribution < 1.29 is 13.9 Å². The molecule has 0 saturated carbocycles. The third kappa shape index (κ3) is 4.63. The fraction of sp³-hybridized carbons (Fsp3) is 0.120. The van der Waals surface area contributed by atoms with Gasteiger partial charge in [0, 0.05) is 41.7 Å². The van der Waals surface area contributed by atoms with E-state index in [0.29, 0.717) is 41.4 Å². The molecule has 0 atom stereocenters. The highest BCUT2D eigenvalue weighted by Gasteiger charge is 2.13. The van der Waals surface area contributed by atoms with E-state index in [1.165, 1.54) is 18.3 Å². The van der Waals surface area contributed by atoms with Crippen LogP contribution < -0.4 is 10.1 Å². The van der Waals surface area contributed by atoms with Gasteiger partial charge in [0.25, 0.3) is 0 Å². The monoisotopic (exact) mass is 456 g/mol. The quantitative estimate of drug-likeness (QED) is 0.353. The second-order valence-electron chi connectivity index (χ2n) is 7.69. The number of aromatic amines is 1. The Hall–Kier alpha value is -4.53. The number of benzene rings is 2. The van der Waals surface area contributed by atoms with Crippen LogP contribution in [0.4, 0.5) is 10.1 Å². The average molecular weight is 456 g/mol. The summed E-state index contributed by atoms with van der Waals surface area (Å²) in [7, 11) is 0. The van der Waals surface area contributed by atoms with Gasteiger partial charge in [0.1, 0.15) is 17.1 Å². The molecule has 2 aromatic carbocycles. The fourth-order valence-corrected chi connectivity index (χ4v) is 3.52. The Balaban J connectivity index is 1.38. The molecule has 0 bridgehead atoms. The van der Waals surface area contributed by atoms with E-state index in [1.807, 2.05) is 12.4 Å². The number of rotatable bonds is 7. The third-order valence-electron chi connectivity index (χ3n) is 5.22. The van der Waals surface area contributed by atoms with Crippen LogP contribution in [0, 0.1) is 5.82 Å². The lowest BCUT2D eigenvalue weighted by Gasteiger charge is -2.08. The lowest BCUT2D eigenvalue weighted by atomic mass is 10.2. The Kier molecular flexibility index (Phi) is 5.73. The summed E-state index contributed by atoms with van der Waals surface area (Å²) in [5.41, 5.74) is 4.57. The molecule has 2 N–H and O–H groups in total. The zero-order chi connectivity index (χ0) is 23.5. The molecular formula is C25H21FN6O2. The first-order chi connectivity index (χ1) is 16.6. The summed E-state index contributed by atoms with van der Waals surface area (Å²) in [6, 6.07) is 13.4. The van der Waals surface area contributed by atoms with Crippen molar-refractivity contribution >= 4 is 22.8 Å². The fourth-order valence-electron chi connectivity index (χ4n) is 3.52. The Labute approximate surface area is 194 Å². The molecule has 0 aliphatic heterocycles. The minimum absolute atomic E-state index is 0.0738. The first-order valence-electron chi connectivity index (χ1n) is 10.8. The molecule has 170 valence electrons. The van der Waals surface area contributed by atoms with Gasteiger partial charge in [-0.15, -0.1) is 0 Å². The van der Waals surface area contributed by atoms with Crippen molar-refractivity contribution in [2.75, 3.05) is 5.32 Å². The Bertz CT molecular complexity index is 1460. The average Bonchev–Trinajstić information content (AvgIpc) is 3.47. The van der Waals surface area contributed by atoms with Crippen molar-refractivity contribution in [3.05, 3.63) is 84.7 Å². The smallest absolute Gasteiger partial charge is 0.238 e. The molecular weight excluding hydrogens is 435 g/mol. The summed E-state index contributed by atoms with van der Waals surface area (Å²) >= 11 is 0. The molecule has 8 nitrogen and oxygen atoms in total. The predicted octanol–water partition coefficient (Wildman–Crippen LogP) is 5.15. The van der Waals surface area contributed by atoms with Crippen LogP contribution >= 0.6 is 0 Å². The lowest BCUT2D eigenvalue weighted by Crippen LogP contribution is -2.09. The Morgan fingerprint density at radius 3 is 2.85 bits per heavy atom. The van der Waals surface area contributed by atoms with Gasteiger partial charge in [0.15, 0.2) is 5.65 Å². The van der Waals surface area contributed by atoms with Crippen molar-refractivity contribution in [3.63, 3.8) is 0 Å². The van der Waals surface area contributed by atoms with E-state index in [-0.39, 0.29) is 11.7 Å². The minimum atomic E-state index is -0.266. The molecule has 5 rings (SSSR count). The Morgan fingerprint density at radius 2 is 2.03 bits per heavy atom. The van der Waals surface area contributed by atoms with Crippen molar-refractivity contribution in [1.82, 2.24) is 24.7 Å². The number of halogens is 1. The standard InChI is InChI=1S/C25H21FN6O2/c1-2-22(33)30-19-4-3-5-20(10-19)34-23-13-28-25-24(31-23)21(12-27-25)17-11-29-32(15-17)14-16-6-8-18(26)9-7-16/h3-13,15H,2,14H2,1H3,(H,27,28)(H,30,33). The topological polar surface area (TPSA) is 97.7 Å². The van der Waals surface area contributed by atoms with Crippen LogP contribution in [-0.4, -0.2) is 30.6 Å². The number of carbonyl (C=O) groups excluding carboxylic acids is 1. The summed E-state index contributed by atoms with van der Waals surface area (Å²) < 4.78 is 20.8. The van der Waals surface area contributed by atoms with E-state index in [1.54, 1.807) is 54.2 Å². The zero-order valence-electron chi connectivity index (χ0n) is 18.3. The number of nitrogens with zero attached hydrogens (tertiary/aromatic N) is 4. The van der Waals surface area contributed by atoms with Crippen LogP contribution in [0.1, 0.15) is 18.9 Å². The van der Waals surface area contributed by atoms with E-state index in [9.17, 15) is 9.18 Å². The number of fused-ring (bicyclic) bond motifs is 1. The van der Waals surface area contributed by atoms with Crippen molar-refractivity contribution in [2.24, 2.45) is 0 Å². The molecule has 0 saturated heterocycles. The summed E-state index contributed by atoms with van der Waals surface area (Å²) in [6.45, 7) is 2.31. The number of hydrogen-bond acceptors (Lipinski definition) is 5. The second kappa shape index (κ2) is 9.14. The van der Waals surface area contributed by atoms with E-state index < -0.39 is 0 Å². The van der Waals surface area contributed by atoms with Gasteiger partial charge >= 0.3 is 0 Å². The molecule has 0 unspecified atom stereocenters. The number of anilines is 1. The maximum atomic E-state index is 13.2. The normalized spacial score (nSPS) is 11.0. The predicted molar refractivity (Wildman–Crippen MR) is 126 cm³/mol. The highest BCUT2D eigenvalue weighted by Crippen LogP contribution is 2.29. The highest BCUT2D eigenvalue weighted by molar-refractivity contribution is 5.91. The van der Waals surface area contributed by atoms with Gasteiger partial charge < -0.3 is 15.0 Å². The third-order valence-corrected chi connectivity index (χ3v) is 5.22. The van der Waals surface area contributed by atoms with Crippen LogP contribution in [0.25, 0.3) is 22.3 Å². The maximum absolute atomic E-state index is 13.2. The Morgan fingerprint density at radius 1 is 1.18 bits per heavy atom. The minimum Gasteiger partial charge on any atom is -0.437 e. The molecule has 0 fully saturated rings. The SMILES string of the molecule is CCC(=O)Nc1cccc(Oc2cnc3[nH]cc(-c4cnn(Cc5ccc(F)cc5)c4)c3n2)c1. The maximum Gasteiger partial charge on any atom is 0.238 e. The summed E-state index contributed by atoms with van der Waals surface area (Å²) in [5.74, 6) is 0.519. The summed E-state index contributed by atoms with van der Waals surface area (Å²) in [6.07, 6.45) is 7.42. The van der Waals surface area contributed by atoms with Gasteiger partial charge in [-0.25, -0.2) is 14.4 Å². The van der Waals surface area contributed by atoms with E-state index in [4.69, 9.17) is 4.74 Å². The van der Waals surface area contributed by atoms with E-state index in [0.717, 1.165) is 16.7 Å². The first-order valence-corrected chi connectivity index (χ1v) is 10.8. The summed E-state index contributed by atoms with van der Waals surface area (Å²) in [4.78, 5) is 23.8. The van der Waals surface area contributed by atoms with E-state index in [2.05, 4.69) is 25.4 Å². The number of hydrogen-bond donors (Lipinski definition) is 2. The first kappa shape index (κ1) is 21.3. The van der Waals surface area contributed by atoms with Crippen LogP contribution in [0.3, 0.4) is 0 Å². The van der Waals surface area contributed by atoms with Crippen LogP contribution in [0.5, 0.6) is 11.6 Å². The molecule has 1 amide bonds. The van der Waals surface area contributed by atoms with Gasteiger partial charge in [-0.05, 0) is 29.8 Å². The van der Waals surface area contributed by atoms with Gasteiger partial charge in [-0.1, -0.05) is 25.1 Å². The van der Waals surface area contributed by atoms with Gasteiger partial charge in [0.2, 0.25) is 11.8 Å². The van der Waals surface area contributed by atoms with Crippen LogP contribution in [0.15, 0.2) is 73.3 Å². The largest absolute Gasteiger partial charge is 0.437 e. The van der Waals surface area contributed by atoms with Crippen LogP contribution in [0.2, 0.25) is 0 Å². The zero-order valence-corrected chi connectivity index (χ0v) is 18.3. The molecule has 3 heterocycles. The molecule has 5 aromatic rings. The number of H-pyrrole nitrogens is 1. The molecule has 3 aromatic heterocycles. The molecule has 0 radical (unpaired) electrons. The molecule has 34 heavy (non-hydrogen) atoms.